The van der Waals surface area contributed by atoms with E-state index >= 15 is 0 Å². The first-order chi connectivity index (χ1) is 18.2. The number of rotatable bonds is 11. The first-order valence-corrected chi connectivity index (χ1v) is 13.9. The van der Waals surface area contributed by atoms with Crippen molar-refractivity contribution in [1.29, 1.82) is 0 Å². The van der Waals surface area contributed by atoms with E-state index in [1.165, 1.54) is 34.6 Å². The van der Waals surface area contributed by atoms with E-state index in [2.05, 4.69) is 11.1 Å². The Morgan fingerprint density at radius 2 is 1.89 bits per heavy atom. The molecule has 0 radical (unpaired) electrons. The summed E-state index contributed by atoms with van der Waals surface area (Å²) in [4.78, 5) is 25.6. The van der Waals surface area contributed by atoms with Crippen molar-refractivity contribution in [2.45, 2.75) is 44.2 Å². The van der Waals surface area contributed by atoms with E-state index in [1.807, 2.05) is 13.8 Å². The summed E-state index contributed by atoms with van der Waals surface area (Å²) >= 11 is 0. The number of sulfonamides is 1. The smallest absolute Gasteiger partial charge is 0.338 e. The molecule has 1 fully saturated rings. The standard InChI is InChI=1S/C29H32N2O6S/c1-4-15-31(24-11-6-5-7-12-24)38(34,35)26-14-8-10-23(18-26)29(33)37-20-28(32)27-17-21(2)30(22(27)3)19-25-13-9-16-36-25/h4-8,10-12,14,17-18,25H,1,9,13,15-16,19-20H2,2-3H3. The average molecular weight is 537 g/mol. The van der Waals surface area contributed by atoms with Crippen molar-refractivity contribution in [1.82, 2.24) is 4.57 Å². The molecular formula is C29H32N2O6S. The van der Waals surface area contributed by atoms with Crippen molar-refractivity contribution in [3.05, 3.63) is 95.8 Å². The van der Waals surface area contributed by atoms with E-state index in [0.29, 0.717) is 17.8 Å². The molecule has 1 saturated heterocycles. The Morgan fingerprint density at radius 3 is 2.58 bits per heavy atom. The molecule has 9 heteroatoms. The molecule has 1 unspecified atom stereocenters. The van der Waals surface area contributed by atoms with Crippen LogP contribution in [0.3, 0.4) is 0 Å². The molecule has 0 bridgehead atoms. The number of para-hydroxylation sites is 1. The van der Waals surface area contributed by atoms with E-state index in [9.17, 15) is 18.0 Å². The van der Waals surface area contributed by atoms with Gasteiger partial charge in [0.1, 0.15) is 0 Å². The average Bonchev–Trinajstić information content (AvgIpc) is 3.54. The van der Waals surface area contributed by atoms with Crippen LogP contribution in [0.4, 0.5) is 5.69 Å². The number of nitrogens with zero attached hydrogens (tertiary/aromatic N) is 2. The van der Waals surface area contributed by atoms with E-state index in [0.717, 1.165) is 30.8 Å². The topological polar surface area (TPSA) is 94.9 Å². The molecule has 4 rings (SSSR count). The van der Waals surface area contributed by atoms with Crippen molar-refractivity contribution in [3.8, 4) is 0 Å². The Balaban J connectivity index is 1.47. The zero-order chi connectivity index (χ0) is 27.3. The van der Waals surface area contributed by atoms with Gasteiger partial charge in [-0.3, -0.25) is 9.10 Å². The number of ether oxygens (including phenoxy) is 2. The Bertz CT molecular complexity index is 1420. The molecule has 2 aromatic carbocycles. The SMILES string of the molecule is C=CCN(c1ccccc1)S(=O)(=O)c1cccc(C(=O)OCC(=O)c2cc(C)n(CC3CCCO3)c2C)c1. The largest absolute Gasteiger partial charge is 0.454 e. The highest BCUT2D eigenvalue weighted by molar-refractivity contribution is 7.92. The zero-order valence-corrected chi connectivity index (χ0v) is 22.4. The minimum atomic E-state index is -3.99. The Kier molecular flexibility index (Phi) is 8.48. The van der Waals surface area contributed by atoms with Crippen LogP contribution < -0.4 is 4.31 Å². The third-order valence-corrected chi connectivity index (χ3v) is 8.41. The summed E-state index contributed by atoms with van der Waals surface area (Å²) in [5, 5.41) is 0. The summed E-state index contributed by atoms with van der Waals surface area (Å²) in [7, 11) is -3.99. The van der Waals surface area contributed by atoms with Crippen LogP contribution in [-0.4, -0.2) is 50.6 Å². The second-order valence-corrected chi connectivity index (χ2v) is 11.1. The van der Waals surface area contributed by atoms with Crippen molar-refractivity contribution < 1.29 is 27.5 Å². The summed E-state index contributed by atoms with van der Waals surface area (Å²) < 4.78 is 41.1. The lowest BCUT2D eigenvalue weighted by molar-refractivity contribution is 0.0474. The molecule has 0 N–H and O–H groups in total. The number of ketones is 1. The van der Waals surface area contributed by atoms with E-state index in [4.69, 9.17) is 9.47 Å². The number of esters is 1. The predicted molar refractivity (Wildman–Crippen MR) is 145 cm³/mol. The predicted octanol–water partition coefficient (Wildman–Crippen LogP) is 4.70. The molecule has 1 aromatic heterocycles. The van der Waals surface area contributed by atoms with Crippen LogP contribution in [0.2, 0.25) is 0 Å². The van der Waals surface area contributed by atoms with Gasteiger partial charge in [0.15, 0.2) is 6.61 Å². The second-order valence-electron chi connectivity index (χ2n) is 9.22. The van der Waals surface area contributed by atoms with Crippen molar-refractivity contribution in [2.75, 3.05) is 24.1 Å². The van der Waals surface area contributed by atoms with Crippen molar-refractivity contribution in [3.63, 3.8) is 0 Å². The molecular weight excluding hydrogens is 504 g/mol. The Morgan fingerprint density at radius 1 is 1.13 bits per heavy atom. The van der Waals surface area contributed by atoms with Gasteiger partial charge >= 0.3 is 5.97 Å². The van der Waals surface area contributed by atoms with E-state index < -0.39 is 22.6 Å². The molecule has 1 aliphatic rings. The fraction of sp³-hybridized carbons (Fsp3) is 0.310. The number of Topliss-reactive ketones (excluding diaryl/α,β-unsaturated/α-hetero) is 1. The zero-order valence-electron chi connectivity index (χ0n) is 21.6. The fourth-order valence-electron chi connectivity index (χ4n) is 4.61. The van der Waals surface area contributed by atoms with Crippen LogP contribution in [0.5, 0.6) is 0 Å². The summed E-state index contributed by atoms with van der Waals surface area (Å²) in [5.41, 5.74) is 2.74. The van der Waals surface area contributed by atoms with Gasteiger partial charge in [-0.2, -0.15) is 0 Å². The third kappa shape index (κ3) is 5.89. The van der Waals surface area contributed by atoms with Gasteiger partial charge in [0.05, 0.1) is 28.8 Å². The normalized spacial score (nSPS) is 15.3. The van der Waals surface area contributed by atoms with Gasteiger partial charge in [-0.25, -0.2) is 13.2 Å². The lowest BCUT2D eigenvalue weighted by Gasteiger charge is -2.23. The lowest BCUT2D eigenvalue weighted by atomic mass is 10.1. The molecule has 200 valence electrons. The fourth-order valence-corrected chi connectivity index (χ4v) is 6.09. The van der Waals surface area contributed by atoms with Crippen LogP contribution in [0.1, 0.15) is 44.9 Å². The summed E-state index contributed by atoms with van der Waals surface area (Å²) in [5.74, 6) is -1.10. The minimum absolute atomic E-state index is 0.0364. The molecule has 8 nitrogen and oxygen atoms in total. The van der Waals surface area contributed by atoms with Gasteiger partial charge in [0.2, 0.25) is 5.78 Å². The maximum atomic E-state index is 13.4. The number of anilines is 1. The Labute approximate surface area is 223 Å². The van der Waals surface area contributed by atoms with Gasteiger partial charge in [0.25, 0.3) is 10.0 Å². The maximum Gasteiger partial charge on any atom is 0.338 e. The summed E-state index contributed by atoms with van der Waals surface area (Å²) in [6.45, 7) is 8.50. The molecule has 0 aliphatic carbocycles. The monoisotopic (exact) mass is 536 g/mol. The van der Waals surface area contributed by atoms with Crippen LogP contribution in [0, 0.1) is 13.8 Å². The highest BCUT2D eigenvalue weighted by atomic mass is 32.2. The molecule has 0 amide bonds. The molecule has 3 aromatic rings. The van der Waals surface area contributed by atoms with Gasteiger partial charge in [-0.15, -0.1) is 6.58 Å². The van der Waals surface area contributed by atoms with E-state index in [1.54, 1.807) is 36.4 Å². The van der Waals surface area contributed by atoms with Gasteiger partial charge in [-0.1, -0.05) is 30.3 Å². The molecule has 1 atom stereocenters. The number of carbonyl (C=O) groups excluding carboxylic acids is 2. The molecule has 0 saturated carbocycles. The van der Waals surface area contributed by atoms with Gasteiger partial charge in [0, 0.05) is 30.1 Å². The number of benzene rings is 2. The second kappa shape index (κ2) is 11.8. The first kappa shape index (κ1) is 27.3. The number of hydrogen-bond acceptors (Lipinski definition) is 6. The number of aryl methyl sites for hydroxylation is 1. The minimum Gasteiger partial charge on any atom is -0.454 e. The van der Waals surface area contributed by atoms with Crippen LogP contribution >= 0.6 is 0 Å². The number of carbonyl (C=O) groups is 2. The lowest BCUT2D eigenvalue weighted by Crippen LogP contribution is -2.31. The quantitative estimate of drug-likeness (QED) is 0.200. The van der Waals surface area contributed by atoms with Crippen LogP contribution in [-0.2, 0) is 26.0 Å². The van der Waals surface area contributed by atoms with Crippen molar-refractivity contribution in [2.24, 2.45) is 0 Å². The molecule has 38 heavy (non-hydrogen) atoms. The van der Waals surface area contributed by atoms with E-state index in [-0.39, 0.29) is 28.9 Å². The maximum absolute atomic E-state index is 13.4. The molecule has 2 heterocycles. The first-order valence-electron chi connectivity index (χ1n) is 12.5. The highest BCUT2D eigenvalue weighted by Crippen LogP contribution is 2.25. The third-order valence-electron chi connectivity index (χ3n) is 6.62. The molecule has 0 spiro atoms. The number of hydrogen-bond donors (Lipinski definition) is 0. The van der Waals surface area contributed by atoms with Crippen molar-refractivity contribution >= 4 is 27.5 Å². The summed E-state index contributed by atoms with van der Waals surface area (Å²) in [6, 6.07) is 16.0. The highest BCUT2D eigenvalue weighted by Gasteiger charge is 2.26. The molecule has 1 aliphatic heterocycles. The van der Waals surface area contributed by atoms with Crippen LogP contribution in [0.25, 0.3) is 0 Å². The Hall–Kier alpha value is -3.69. The van der Waals surface area contributed by atoms with Gasteiger partial charge in [-0.05, 0) is 63.1 Å². The summed E-state index contributed by atoms with van der Waals surface area (Å²) in [6.07, 6.45) is 3.65. The van der Waals surface area contributed by atoms with Gasteiger partial charge < -0.3 is 14.0 Å². The van der Waals surface area contributed by atoms with Crippen LogP contribution in [0.15, 0.2) is 78.2 Å². The number of aromatic nitrogens is 1.